The molecule has 0 atom stereocenters. The summed E-state index contributed by atoms with van der Waals surface area (Å²) in [7, 11) is 1.80. The number of amides is 1. The van der Waals surface area contributed by atoms with Crippen molar-refractivity contribution in [2.45, 2.75) is 32.6 Å². The first kappa shape index (κ1) is 21.0. The van der Waals surface area contributed by atoms with Gasteiger partial charge >= 0.3 is 6.09 Å². The lowest BCUT2D eigenvalue weighted by Crippen LogP contribution is -2.37. The Morgan fingerprint density at radius 1 is 1.15 bits per heavy atom. The van der Waals surface area contributed by atoms with Crippen LogP contribution in [-0.4, -0.2) is 60.8 Å². The van der Waals surface area contributed by atoms with Crippen LogP contribution in [0.15, 0.2) is 24.3 Å². The van der Waals surface area contributed by atoms with Crippen LogP contribution in [0.3, 0.4) is 0 Å². The standard InChI is InChI=1S/C20H31ClN2O3/c1-3-23(12-13-24)15-17-6-4-16(5-7-17)14-22(2)20(25)26-19-10-8-18(21)9-11-19/h8-11,16-17,24H,3-7,12-15H2,1-2H3/t16-,17-. The molecule has 1 aliphatic carbocycles. The zero-order chi connectivity index (χ0) is 18.9. The van der Waals surface area contributed by atoms with Gasteiger partial charge in [0.1, 0.15) is 5.75 Å². The fraction of sp³-hybridized carbons (Fsp3) is 0.650. The summed E-state index contributed by atoms with van der Waals surface area (Å²) in [5.74, 6) is 1.74. The minimum atomic E-state index is -0.324. The predicted molar refractivity (Wildman–Crippen MR) is 105 cm³/mol. The van der Waals surface area contributed by atoms with E-state index in [1.165, 1.54) is 12.8 Å². The van der Waals surface area contributed by atoms with Crippen molar-refractivity contribution in [2.24, 2.45) is 11.8 Å². The van der Waals surface area contributed by atoms with Gasteiger partial charge in [-0.15, -0.1) is 0 Å². The highest BCUT2D eigenvalue weighted by molar-refractivity contribution is 6.30. The number of likely N-dealkylation sites (N-methyl/N-ethyl adjacent to an activating group) is 1. The molecular weight excluding hydrogens is 352 g/mol. The molecule has 0 unspecified atom stereocenters. The number of carbonyl (C=O) groups is 1. The maximum atomic E-state index is 12.2. The molecule has 1 N–H and O–H groups in total. The van der Waals surface area contributed by atoms with Gasteiger partial charge in [0.25, 0.3) is 0 Å². The van der Waals surface area contributed by atoms with Crippen LogP contribution in [-0.2, 0) is 0 Å². The number of carbonyl (C=O) groups excluding carboxylic acids is 1. The first-order valence-corrected chi connectivity index (χ1v) is 9.91. The zero-order valence-corrected chi connectivity index (χ0v) is 16.6. The monoisotopic (exact) mass is 382 g/mol. The maximum Gasteiger partial charge on any atom is 0.414 e. The summed E-state index contributed by atoms with van der Waals surface area (Å²) in [6, 6.07) is 6.82. The highest BCUT2D eigenvalue weighted by atomic mass is 35.5. The number of benzene rings is 1. The van der Waals surface area contributed by atoms with Crippen LogP contribution < -0.4 is 4.74 Å². The molecule has 2 rings (SSSR count). The average molecular weight is 383 g/mol. The number of halogens is 1. The third kappa shape index (κ3) is 6.78. The molecule has 146 valence electrons. The largest absolute Gasteiger partial charge is 0.414 e. The molecule has 1 amide bonds. The normalized spacial score (nSPS) is 20.2. The van der Waals surface area contributed by atoms with Gasteiger partial charge in [0.05, 0.1) is 6.61 Å². The highest BCUT2D eigenvalue weighted by Crippen LogP contribution is 2.30. The number of aliphatic hydroxyl groups excluding tert-OH is 1. The molecule has 0 bridgehead atoms. The third-order valence-corrected chi connectivity index (χ3v) is 5.46. The lowest BCUT2D eigenvalue weighted by molar-refractivity contribution is 0.132. The minimum absolute atomic E-state index is 0.226. The van der Waals surface area contributed by atoms with E-state index < -0.39 is 0 Å². The van der Waals surface area contributed by atoms with Gasteiger partial charge in [0.15, 0.2) is 0 Å². The van der Waals surface area contributed by atoms with Gasteiger partial charge < -0.3 is 19.6 Å². The predicted octanol–water partition coefficient (Wildman–Crippen LogP) is 3.89. The smallest absolute Gasteiger partial charge is 0.410 e. The summed E-state index contributed by atoms with van der Waals surface area (Å²) in [5, 5.41) is 9.73. The number of hydrogen-bond acceptors (Lipinski definition) is 4. The van der Waals surface area contributed by atoms with E-state index in [0.717, 1.165) is 39.0 Å². The van der Waals surface area contributed by atoms with Crippen LogP contribution in [0.25, 0.3) is 0 Å². The molecule has 0 saturated heterocycles. The Morgan fingerprint density at radius 2 is 1.73 bits per heavy atom. The van der Waals surface area contributed by atoms with E-state index in [1.54, 1.807) is 36.2 Å². The number of ether oxygens (including phenoxy) is 1. The van der Waals surface area contributed by atoms with Crippen molar-refractivity contribution < 1.29 is 14.6 Å². The van der Waals surface area contributed by atoms with Crippen molar-refractivity contribution >= 4 is 17.7 Å². The Hall–Kier alpha value is -1.30. The number of nitrogens with zero attached hydrogens (tertiary/aromatic N) is 2. The molecular formula is C20H31ClN2O3. The fourth-order valence-corrected chi connectivity index (χ4v) is 3.75. The van der Waals surface area contributed by atoms with Crippen molar-refractivity contribution in [3.8, 4) is 5.75 Å². The lowest BCUT2D eigenvalue weighted by atomic mass is 9.81. The maximum absolute atomic E-state index is 12.2. The zero-order valence-electron chi connectivity index (χ0n) is 15.9. The van der Waals surface area contributed by atoms with E-state index in [1.807, 2.05) is 0 Å². The van der Waals surface area contributed by atoms with Crippen molar-refractivity contribution in [3.05, 3.63) is 29.3 Å². The van der Waals surface area contributed by atoms with E-state index >= 15 is 0 Å². The van der Waals surface area contributed by atoms with Crippen LogP contribution in [0.4, 0.5) is 4.79 Å². The molecule has 0 spiro atoms. The van der Waals surface area contributed by atoms with Crippen LogP contribution >= 0.6 is 11.6 Å². The second kappa shape index (κ2) is 10.8. The second-order valence-electron chi connectivity index (χ2n) is 7.21. The quantitative estimate of drug-likeness (QED) is 0.741. The van der Waals surface area contributed by atoms with Crippen LogP contribution in [0.1, 0.15) is 32.6 Å². The van der Waals surface area contributed by atoms with Gasteiger partial charge in [-0.25, -0.2) is 4.79 Å². The fourth-order valence-electron chi connectivity index (χ4n) is 3.62. The van der Waals surface area contributed by atoms with Gasteiger partial charge in [0, 0.05) is 31.7 Å². The summed E-state index contributed by atoms with van der Waals surface area (Å²) in [6.45, 7) is 5.91. The Balaban J connectivity index is 1.72. The SMILES string of the molecule is CCN(CCO)C[C@H]1CC[C@H](CN(C)C(=O)Oc2ccc(Cl)cc2)CC1. The molecule has 26 heavy (non-hydrogen) atoms. The average Bonchev–Trinajstić information content (AvgIpc) is 2.64. The highest BCUT2D eigenvalue weighted by Gasteiger charge is 2.25. The van der Waals surface area contributed by atoms with Crippen molar-refractivity contribution in [1.82, 2.24) is 9.80 Å². The molecule has 0 aliphatic heterocycles. The van der Waals surface area contributed by atoms with Gasteiger partial charge in [-0.3, -0.25) is 0 Å². The van der Waals surface area contributed by atoms with E-state index in [-0.39, 0.29) is 12.7 Å². The molecule has 1 aliphatic rings. The first-order chi connectivity index (χ1) is 12.5. The Kier molecular flexibility index (Phi) is 8.69. The van der Waals surface area contributed by atoms with Crippen LogP contribution in [0.5, 0.6) is 5.75 Å². The molecule has 1 fully saturated rings. The van der Waals surface area contributed by atoms with Gasteiger partial charge in [-0.1, -0.05) is 18.5 Å². The minimum Gasteiger partial charge on any atom is -0.410 e. The molecule has 0 heterocycles. The number of hydrogen-bond donors (Lipinski definition) is 1. The Labute approximate surface area is 161 Å². The molecule has 1 aromatic rings. The molecule has 1 saturated carbocycles. The van der Waals surface area contributed by atoms with Crippen LogP contribution in [0.2, 0.25) is 5.02 Å². The van der Waals surface area contributed by atoms with Gasteiger partial charge in [0.2, 0.25) is 0 Å². The summed E-state index contributed by atoms with van der Waals surface area (Å²) in [5.41, 5.74) is 0. The molecule has 1 aromatic carbocycles. The summed E-state index contributed by atoms with van der Waals surface area (Å²) in [6.07, 6.45) is 4.33. The second-order valence-corrected chi connectivity index (χ2v) is 7.64. The first-order valence-electron chi connectivity index (χ1n) is 9.53. The Morgan fingerprint density at radius 3 is 2.27 bits per heavy atom. The summed E-state index contributed by atoms with van der Waals surface area (Å²) >= 11 is 5.84. The number of rotatable bonds is 8. The Bertz CT molecular complexity index is 544. The van der Waals surface area contributed by atoms with E-state index in [2.05, 4.69) is 11.8 Å². The summed E-state index contributed by atoms with van der Waals surface area (Å²) in [4.78, 5) is 16.2. The van der Waals surface area contributed by atoms with Crippen molar-refractivity contribution in [2.75, 3.05) is 39.8 Å². The molecule has 5 nitrogen and oxygen atoms in total. The summed E-state index contributed by atoms with van der Waals surface area (Å²) < 4.78 is 5.39. The molecule has 0 radical (unpaired) electrons. The van der Waals surface area contributed by atoms with E-state index in [4.69, 9.17) is 21.4 Å². The van der Waals surface area contributed by atoms with Crippen molar-refractivity contribution in [3.63, 3.8) is 0 Å². The van der Waals surface area contributed by atoms with Crippen molar-refractivity contribution in [1.29, 1.82) is 0 Å². The number of aliphatic hydroxyl groups is 1. The van der Waals surface area contributed by atoms with E-state index in [0.29, 0.717) is 22.6 Å². The van der Waals surface area contributed by atoms with Gasteiger partial charge in [-0.2, -0.15) is 0 Å². The van der Waals surface area contributed by atoms with E-state index in [9.17, 15) is 4.79 Å². The molecule has 6 heteroatoms. The lowest BCUT2D eigenvalue weighted by Gasteiger charge is -2.33. The third-order valence-electron chi connectivity index (χ3n) is 5.21. The van der Waals surface area contributed by atoms with Gasteiger partial charge in [-0.05, 0) is 68.3 Å². The molecule has 0 aromatic heterocycles. The topological polar surface area (TPSA) is 53.0 Å². The van der Waals surface area contributed by atoms with Crippen LogP contribution in [0, 0.1) is 11.8 Å².